The molecule has 0 fully saturated rings. The van der Waals surface area contributed by atoms with Crippen molar-refractivity contribution >= 4 is 14.9 Å². The van der Waals surface area contributed by atoms with Gasteiger partial charge in [-0.15, -0.1) is 0 Å². The van der Waals surface area contributed by atoms with Gasteiger partial charge in [0, 0.05) is 30.5 Å². The standard InChI is InChI=1S/C18H20Si.C5H8.Ti/c1-13-12-17-15(14-8-5-4-6-9-14)10-7-11-16(17)18(13)19(2)3;1-3-5-4-2;/h4-12,18-19H,1-3H3;3-5H,1H2,2H3;. The van der Waals surface area contributed by atoms with Crippen LogP contribution in [0, 0.1) is 0 Å². The Bertz CT molecular complexity index is 742. The summed E-state index contributed by atoms with van der Waals surface area (Å²) in [6.07, 6.45) is 7.99. The van der Waals surface area contributed by atoms with Gasteiger partial charge in [0.2, 0.25) is 0 Å². The zero-order valence-electron chi connectivity index (χ0n) is 15.8. The monoisotopic (exact) mass is 380 g/mol. The molecule has 0 aliphatic heterocycles. The first-order valence-electron chi connectivity index (χ1n) is 8.70. The van der Waals surface area contributed by atoms with Crippen molar-refractivity contribution in [1.29, 1.82) is 0 Å². The Kier molecular flexibility index (Phi) is 9.13. The second-order valence-corrected chi connectivity index (χ2v) is 9.70. The van der Waals surface area contributed by atoms with Gasteiger partial charge in [0.1, 0.15) is 0 Å². The number of allylic oxidation sites excluding steroid dienone is 4. The van der Waals surface area contributed by atoms with Crippen molar-refractivity contribution in [1.82, 2.24) is 0 Å². The number of hydrogen-bond acceptors (Lipinski definition) is 0. The number of rotatable bonds is 3. The molecule has 0 saturated heterocycles. The normalized spacial score (nSPS) is 15.1. The van der Waals surface area contributed by atoms with Crippen molar-refractivity contribution in [3.8, 4) is 11.1 Å². The molecule has 25 heavy (non-hydrogen) atoms. The summed E-state index contributed by atoms with van der Waals surface area (Å²) in [6, 6.07) is 17.5. The van der Waals surface area contributed by atoms with Gasteiger partial charge in [-0.2, -0.15) is 0 Å². The van der Waals surface area contributed by atoms with Crippen LogP contribution in [-0.2, 0) is 21.7 Å². The molecule has 2 aromatic carbocycles. The van der Waals surface area contributed by atoms with Gasteiger partial charge in [-0.05, 0) is 41.6 Å². The van der Waals surface area contributed by atoms with E-state index in [1.54, 1.807) is 17.2 Å². The largest absolute Gasteiger partial charge is 0.0991 e. The average Bonchev–Trinajstić information content (AvgIpc) is 2.93. The zero-order chi connectivity index (χ0) is 17.5. The molecule has 1 atom stereocenters. The van der Waals surface area contributed by atoms with Crippen LogP contribution in [0.2, 0.25) is 13.1 Å². The van der Waals surface area contributed by atoms with Crippen LogP contribution in [-0.4, -0.2) is 8.80 Å². The topological polar surface area (TPSA) is 0 Å². The van der Waals surface area contributed by atoms with E-state index in [-0.39, 0.29) is 21.7 Å². The molecule has 2 aromatic rings. The molecule has 0 N–H and O–H groups in total. The third-order valence-corrected chi connectivity index (χ3v) is 6.64. The summed E-state index contributed by atoms with van der Waals surface area (Å²) in [6.45, 7) is 12.6. The number of hydrogen-bond donors (Lipinski definition) is 0. The Morgan fingerprint density at radius 1 is 1.00 bits per heavy atom. The summed E-state index contributed by atoms with van der Waals surface area (Å²) in [4.78, 5) is 0. The van der Waals surface area contributed by atoms with Gasteiger partial charge in [-0.1, -0.05) is 98.1 Å². The molecule has 128 valence electrons. The maximum absolute atomic E-state index is 3.46. The molecular weight excluding hydrogens is 352 g/mol. The quantitative estimate of drug-likeness (QED) is 0.414. The minimum atomic E-state index is -0.701. The van der Waals surface area contributed by atoms with Crippen molar-refractivity contribution in [2.45, 2.75) is 32.5 Å². The van der Waals surface area contributed by atoms with E-state index in [2.05, 4.69) is 81.2 Å². The van der Waals surface area contributed by atoms with Gasteiger partial charge in [0.15, 0.2) is 0 Å². The summed E-state index contributed by atoms with van der Waals surface area (Å²) in [5.41, 5.74) is 8.00. The fourth-order valence-corrected chi connectivity index (χ4v) is 5.63. The smallest absolute Gasteiger partial charge is 0.0439 e. The Hall–Kier alpha value is -1.41. The van der Waals surface area contributed by atoms with Gasteiger partial charge in [0.25, 0.3) is 0 Å². The first-order chi connectivity index (χ1) is 11.6. The molecule has 0 heterocycles. The van der Waals surface area contributed by atoms with Gasteiger partial charge >= 0.3 is 0 Å². The van der Waals surface area contributed by atoms with Crippen molar-refractivity contribution in [3.63, 3.8) is 0 Å². The van der Waals surface area contributed by atoms with Crippen LogP contribution >= 0.6 is 0 Å². The fourth-order valence-electron chi connectivity index (χ4n) is 3.47. The molecule has 0 amide bonds. The zero-order valence-corrected chi connectivity index (χ0v) is 18.5. The first kappa shape index (κ1) is 21.6. The molecule has 3 rings (SSSR count). The third kappa shape index (κ3) is 5.28. The minimum absolute atomic E-state index is 0. The average molecular weight is 380 g/mol. The van der Waals surface area contributed by atoms with E-state index in [0.717, 1.165) is 5.54 Å². The molecule has 1 aliphatic carbocycles. The molecular formula is C23H28SiTi. The van der Waals surface area contributed by atoms with Crippen molar-refractivity contribution in [3.05, 3.63) is 90.0 Å². The SMILES string of the molecule is C=CC=CC.CC1=Cc2c(-c3ccccc3)cccc2C1[SiH](C)C.[Ti]. The van der Waals surface area contributed by atoms with Crippen LogP contribution in [0.15, 0.2) is 78.9 Å². The van der Waals surface area contributed by atoms with Crippen LogP contribution in [0.5, 0.6) is 0 Å². The maximum atomic E-state index is 3.46. The number of benzene rings is 2. The van der Waals surface area contributed by atoms with Crippen LogP contribution in [0.3, 0.4) is 0 Å². The Morgan fingerprint density at radius 3 is 2.20 bits per heavy atom. The van der Waals surface area contributed by atoms with E-state index in [1.165, 1.54) is 16.7 Å². The molecule has 0 aromatic heterocycles. The predicted molar refractivity (Wildman–Crippen MR) is 112 cm³/mol. The van der Waals surface area contributed by atoms with Crippen LogP contribution in [0.4, 0.5) is 0 Å². The van der Waals surface area contributed by atoms with E-state index >= 15 is 0 Å². The van der Waals surface area contributed by atoms with E-state index in [9.17, 15) is 0 Å². The molecule has 0 nitrogen and oxygen atoms in total. The van der Waals surface area contributed by atoms with Crippen molar-refractivity contribution in [2.24, 2.45) is 0 Å². The van der Waals surface area contributed by atoms with Gasteiger partial charge < -0.3 is 0 Å². The molecule has 1 aliphatic rings. The summed E-state index contributed by atoms with van der Waals surface area (Å²) >= 11 is 0. The van der Waals surface area contributed by atoms with E-state index < -0.39 is 8.80 Å². The third-order valence-electron chi connectivity index (χ3n) is 4.42. The van der Waals surface area contributed by atoms with Gasteiger partial charge in [0.05, 0.1) is 0 Å². The Morgan fingerprint density at radius 2 is 1.68 bits per heavy atom. The molecule has 1 unspecified atom stereocenters. The summed E-state index contributed by atoms with van der Waals surface area (Å²) in [5.74, 6) is 0. The van der Waals surface area contributed by atoms with E-state index in [0.29, 0.717) is 0 Å². The van der Waals surface area contributed by atoms with Crippen LogP contribution in [0.25, 0.3) is 17.2 Å². The minimum Gasteiger partial charge on any atom is -0.0991 e. The fraction of sp³-hybridized carbons (Fsp3) is 0.217. The van der Waals surface area contributed by atoms with Gasteiger partial charge in [-0.25, -0.2) is 0 Å². The maximum Gasteiger partial charge on any atom is 0.0439 e. The van der Waals surface area contributed by atoms with Crippen LogP contribution < -0.4 is 0 Å². The summed E-state index contributed by atoms with van der Waals surface area (Å²) < 4.78 is 0. The van der Waals surface area contributed by atoms with E-state index in [4.69, 9.17) is 0 Å². The molecule has 0 bridgehead atoms. The molecule has 0 spiro atoms. The van der Waals surface area contributed by atoms with E-state index in [1.807, 2.05) is 19.1 Å². The predicted octanol–water partition coefficient (Wildman–Crippen LogP) is 6.63. The Labute approximate surface area is 169 Å². The second kappa shape index (κ2) is 10.6. The van der Waals surface area contributed by atoms with Crippen LogP contribution in [0.1, 0.15) is 30.5 Å². The second-order valence-electron chi connectivity index (χ2n) is 6.55. The molecule has 0 saturated carbocycles. The van der Waals surface area contributed by atoms with Crippen molar-refractivity contribution in [2.75, 3.05) is 0 Å². The molecule has 2 heteroatoms. The summed E-state index contributed by atoms with van der Waals surface area (Å²) in [7, 11) is -0.701. The number of fused-ring (bicyclic) bond motifs is 1. The summed E-state index contributed by atoms with van der Waals surface area (Å²) in [5, 5.41) is 0. The van der Waals surface area contributed by atoms with Crippen molar-refractivity contribution < 1.29 is 21.7 Å². The van der Waals surface area contributed by atoms with Gasteiger partial charge in [-0.3, -0.25) is 0 Å². The molecule has 0 radical (unpaired) electrons. The first-order valence-corrected chi connectivity index (χ1v) is 11.7. The Balaban J connectivity index is 0.000000462.